The first-order chi connectivity index (χ1) is 21.3. The third kappa shape index (κ3) is 6.06. The van der Waals surface area contributed by atoms with Crippen molar-refractivity contribution in [3.8, 4) is 0 Å². The molecule has 0 spiro atoms. The molecule has 3 N–H and O–H groups in total. The summed E-state index contributed by atoms with van der Waals surface area (Å²) in [4.78, 5) is 31.5. The highest BCUT2D eigenvalue weighted by Crippen LogP contribution is 2.49. The molecule has 3 aromatic rings. The summed E-state index contributed by atoms with van der Waals surface area (Å²) in [6, 6.07) is 23.2. The molecule has 2 unspecified atom stereocenters. The SMILES string of the molecule is C=C(C(=O)OCc1ccccc1)C1Cc2ccccc2CCC1C1=NC(C(=O)NCc2ccc(F)cc2)=C(O)C(O)=C2C[C@H]12. The molecular formula is C36H33FN2O5. The number of nitrogens with one attached hydrogen (secondary N) is 1. The highest BCUT2D eigenvalue weighted by Gasteiger charge is 2.47. The summed E-state index contributed by atoms with van der Waals surface area (Å²) in [5, 5.41) is 24.5. The van der Waals surface area contributed by atoms with E-state index in [0.29, 0.717) is 41.7 Å². The van der Waals surface area contributed by atoms with Crippen LogP contribution in [0.4, 0.5) is 4.39 Å². The quantitative estimate of drug-likeness (QED) is 0.164. The van der Waals surface area contributed by atoms with Crippen molar-refractivity contribution in [3.05, 3.63) is 142 Å². The van der Waals surface area contributed by atoms with Gasteiger partial charge in [-0.2, -0.15) is 0 Å². The highest BCUT2D eigenvalue weighted by molar-refractivity contribution is 6.04. The number of amides is 1. The van der Waals surface area contributed by atoms with Crippen molar-refractivity contribution < 1.29 is 28.9 Å². The highest BCUT2D eigenvalue weighted by atomic mass is 19.1. The number of aryl methyl sites for hydroxylation is 1. The van der Waals surface area contributed by atoms with Crippen LogP contribution in [0.25, 0.3) is 0 Å². The Kier molecular flexibility index (Phi) is 8.15. The van der Waals surface area contributed by atoms with Crippen LogP contribution in [0.5, 0.6) is 0 Å². The molecule has 0 aromatic heterocycles. The molecule has 8 heteroatoms. The first-order valence-electron chi connectivity index (χ1n) is 14.7. The van der Waals surface area contributed by atoms with Gasteiger partial charge < -0.3 is 20.3 Å². The van der Waals surface area contributed by atoms with Crippen molar-refractivity contribution in [1.82, 2.24) is 5.32 Å². The minimum Gasteiger partial charge on any atom is -0.504 e. The molecule has 2 aliphatic carbocycles. The average Bonchev–Trinajstić information content (AvgIpc) is 3.87. The predicted molar refractivity (Wildman–Crippen MR) is 164 cm³/mol. The normalized spacial score (nSPS) is 20.8. The monoisotopic (exact) mass is 592 g/mol. The number of ether oxygens (including phenoxy) is 1. The van der Waals surface area contributed by atoms with Crippen LogP contribution in [0.15, 0.2) is 119 Å². The van der Waals surface area contributed by atoms with Crippen LogP contribution in [0, 0.1) is 23.6 Å². The zero-order chi connectivity index (χ0) is 30.8. The van der Waals surface area contributed by atoms with Crippen LogP contribution in [0.2, 0.25) is 0 Å². The molecule has 0 radical (unpaired) electrons. The van der Waals surface area contributed by atoms with Gasteiger partial charge in [0.15, 0.2) is 17.2 Å². The average molecular weight is 593 g/mol. The molecule has 0 bridgehead atoms. The van der Waals surface area contributed by atoms with E-state index in [-0.39, 0.29) is 48.2 Å². The summed E-state index contributed by atoms with van der Waals surface area (Å²) in [5.41, 5.74) is 5.08. The number of benzene rings is 3. The summed E-state index contributed by atoms with van der Waals surface area (Å²) in [7, 11) is 0. The number of rotatable bonds is 8. The molecule has 3 aliphatic rings. The summed E-state index contributed by atoms with van der Waals surface area (Å²) in [6.07, 6.45) is 2.38. The van der Waals surface area contributed by atoms with Crippen LogP contribution < -0.4 is 5.32 Å². The number of hydrogen-bond donors (Lipinski definition) is 3. The second kappa shape index (κ2) is 12.3. The van der Waals surface area contributed by atoms with Crippen molar-refractivity contribution in [2.24, 2.45) is 22.7 Å². The number of aliphatic hydroxyl groups excluding tert-OH is 2. The number of aliphatic imine (C=N–C) groups is 1. The molecule has 224 valence electrons. The van der Waals surface area contributed by atoms with Gasteiger partial charge in [0.1, 0.15) is 12.4 Å². The van der Waals surface area contributed by atoms with E-state index in [1.807, 2.05) is 42.5 Å². The Balaban J connectivity index is 1.30. The first kappa shape index (κ1) is 29.1. The number of aliphatic hydroxyl groups is 2. The van der Waals surface area contributed by atoms with E-state index >= 15 is 0 Å². The molecule has 1 saturated carbocycles. The van der Waals surface area contributed by atoms with Gasteiger partial charge >= 0.3 is 5.97 Å². The summed E-state index contributed by atoms with van der Waals surface area (Å²) in [5.74, 6) is -3.43. The van der Waals surface area contributed by atoms with Crippen molar-refractivity contribution in [2.45, 2.75) is 38.8 Å². The Morgan fingerprint density at radius 1 is 0.909 bits per heavy atom. The van der Waals surface area contributed by atoms with Gasteiger partial charge in [-0.1, -0.05) is 73.3 Å². The number of carbonyl (C=O) groups excluding carboxylic acids is 2. The number of carbonyl (C=O) groups is 2. The molecule has 0 saturated heterocycles. The summed E-state index contributed by atoms with van der Waals surface area (Å²) in [6.45, 7) is 4.40. The van der Waals surface area contributed by atoms with Gasteiger partial charge in [0.2, 0.25) is 0 Å². The van der Waals surface area contributed by atoms with Crippen molar-refractivity contribution in [3.63, 3.8) is 0 Å². The third-order valence-electron chi connectivity index (χ3n) is 8.69. The van der Waals surface area contributed by atoms with E-state index in [4.69, 9.17) is 9.73 Å². The van der Waals surface area contributed by atoms with Crippen LogP contribution >= 0.6 is 0 Å². The fourth-order valence-electron chi connectivity index (χ4n) is 6.18. The van der Waals surface area contributed by atoms with Crippen molar-refractivity contribution in [1.29, 1.82) is 0 Å². The zero-order valence-corrected chi connectivity index (χ0v) is 24.1. The lowest BCUT2D eigenvalue weighted by Crippen LogP contribution is -2.32. The van der Waals surface area contributed by atoms with Crippen LogP contribution in [-0.4, -0.2) is 27.8 Å². The largest absolute Gasteiger partial charge is 0.504 e. The number of allylic oxidation sites excluding steroid dienone is 1. The lowest BCUT2D eigenvalue weighted by Gasteiger charge is -2.28. The molecule has 1 aliphatic heterocycles. The van der Waals surface area contributed by atoms with Gasteiger partial charge in [0, 0.05) is 35.6 Å². The Bertz CT molecular complexity index is 1710. The van der Waals surface area contributed by atoms with Crippen LogP contribution in [0.1, 0.15) is 35.1 Å². The molecule has 1 amide bonds. The summed E-state index contributed by atoms with van der Waals surface area (Å²) >= 11 is 0. The maximum atomic E-state index is 13.4. The standard InChI is InChI=1S/C36H33FN2O5/c1-21(36(43)44-20-23-7-3-2-4-8-23)28-17-25-10-6-5-9-24(25)13-16-27(28)31-29-18-30(29)33(40)34(41)32(39-31)35(42)38-19-22-11-14-26(37)15-12-22/h2-12,14-15,27-29,40-41H,1,13,16-20H2,(H,38,42)/t27?,28?,29-/m0/s1. The van der Waals surface area contributed by atoms with E-state index in [1.54, 1.807) is 12.1 Å². The van der Waals surface area contributed by atoms with Gasteiger partial charge in [-0.3, -0.25) is 4.79 Å². The third-order valence-corrected chi connectivity index (χ3v) is 8.69. The number of esters is 1. The molecule has 1 fully saturated rings. The topological polar surface area (TPSA) is 108 Å². The van der Waals surface area contributed by atoms with E-state index in [2.05, 4.69) is 24.0 Å². The van der Waals surface area contributed by atoms with Gasteiger partial charge in [-0.15, -0.1) is 0 Å². The van der Waals surface area contributed by atoms with Crippen LogP contribution in [0.3, 0.4) is 0 Å². The molecule has 1 heterocycles. The molecule has 7 nitrogen and oxygen atoms in total. The maximum Gasteiger partial charge on any atom is 0.334 e. The molecule has 44 heavy (non-hydrogen) atoms. The second-order valence-electron chi connectivity index (χ2n) is 11.5. The lowest BCUT2D eigenvalue weighted by atomic mass is 9.77. The van der Waals surface area contributed by atoms with Gasteiger partial charge in [-0.05, 0) is 65.6 Å². The van der Waals surface area contributed by atoms with Gasteiger partial charge in [-0.25, -0.2) is 14.2 Å². The minimum absolute atomic E-state index is 0.0763. The molecule has 3 atom stereocenters. The van der Waals surface area contributed by atoms with E-state index in [1.165, 1.54) is 17.7 Å². The molecule has 3 aromatic carbocycles. The second-order valence-corrected chi connectivity index (χ2v) is 11.5. The first-order valence-corrected chi connectivity index (χ1v) is 14.7. The Morgan fingerprint density at radius 2 is 1.61 bits per heavy atom. The van der Waals surface area contributed by atoms with E-state index in [9.17, 15) is 24.2 Å². The number of hydrogen-bond acceptors (Lipinski definition) is 6. The zero-order valence-electron chi connectivity index (χ0n) is 24.1. The van der Waals surface area contributed by atoms with E-state index < -0.39 is 17.6 Å². The Labute approximate surface area is 255 Å². The van der Waals surface area contributed by atoms with Gasteiger partial charge in [0.25, 0.3) is 5.91 Å². The maximum absolute atomic E-state index is 13.4. The predicted octanol–water partition coefficient (Wildman–Crippen LogP) is 6.22. The number of halogens is 1. The lowest BCUT2D eigenvalue weighted by molar-refractivity contribution is -0.141. The fraction of sp³-hybridized carbons (Fsp3) is 0.250. The Hall–Kier alpha value is -4.98. The Morgan fingerprint density at radius 3 is 2.36 bits per heavy atom. The van der Waals surface area contributed by atoms with E-state index in [0.717, 1.165) is 17.5 Å². The van der Waals surface area contributed by atoms with Crippen molar-refractivity contribution >= 4 is 17.6 Å². The summed E-state index contributed by atoms with van der Waals surface area (Å²) < 4.78 is 19.0. The van der Waals surface area contributed by atoms with Gasteiger partial charge in [0.05, 0.1) is 0 Å². The molecule has 6 rings (SSSR count). The van der Waals surface area contributed by atoms with Crippen LogP contribution in [-0.2, 0) is 40.3 Å². The minimum atomic E-state index is -0.674. The van der Waals surface area contributed by atoms with Crippen molar-refractivity contribution in [2.75, 3.05) is 0 Å². The number of fused-ring (bicyclic) bond motifs is 2. The number of nitrogens with zero attached hydrogens (tertiary/aromatic N) is 1. The molecular weight excluding hydrogens is 559 g/mol. The fourth-order valence-corrected chi connectivity index (χ4v) is 6.18. The smallest absolute Gasteiger partial charge is 0.334 e.